The van der Waals surface area contributed by atoms with E-state index in [0.717, 1.165) is 24.2 Å². The SMILES string of the molecule is Cc1ccccc1NC(=O)[C@H]1CCN1.Cl. The number of halogens is 1. The summed E-state index contributed by atoms with van der Waals surface area (Å²) in [5, 5.41) is 5.98. The van der Waals surface area contributed by atoms with Gasteiger partial charge in [-0.05, 0) is 31.5 Å². The molecule has 0 aromatic heterocycles. The van der Waals surface area contributed by atoms with Crippen LogP contribution in [0.25, 0.3) is 0 Å². The Kier molecular flexibility index (Phi) is 4.12. The molecule has 0 unspecified atom stereocenters. The fourth-order valence-corrected chi connectivity index (χ4v) is 1.45. The van der Waals surface area contributed by atoms with Crippen molar-refractivity contribution >= 4 is 24.0 Å². The Morgan fingerprint density at radius 1 is 1.47 bits per heavy atom. The minimum atomic E-state index is 0. The fourth-order valence-electron chi connectivity index (χ4n) is 1.45. The topological polar surface area (TPSA) is 41.1 Å². The molecule has 1 aromatic rings. The number of para-hydroxylation sites is 1. The summed E-state index contributed by atoms with van der Waals surface area (Å²) in [4.78, 5) is 11.6. The van der Waals surface area contributed by atoms with E-state index in [1.54, 1.807) is 0 Å². The van der Waals surface area contributed by atoms with Gasteiger partial charge in [-0.25, -0.2) is 0 Å². The Morgan fingerprint density at radius 3 is 2.67 bits per heavy atom. The molecule has 1 aromatic carbocycles. The van der Waals surface area contributed by atoms with Crippen LogP contribution in [0.3, 0.4) is 0 Å². The van der Waals surface area contributed by atoms with Gasteiger partial charge in [-0.15, -0.1) is 12.4 Å². The average molecular weight is 227 g/mol. The Balaban J connectivity index is 0.00000112. The highest BCUT2D eigenvalue weighted by Crippen LogP contribution is 2.14. The number of nitrogens with one attached hydrogen (secondary N) is 2. The first-order valence-corrected chi connectivity index (χ1v) is 4.87. The van der Waals surface area contributed by atoms with E-state index in [1.807, 2.05) is 31.2 Å². The minimum Gasteiger partial charge on any atom is -0.324 e. The molecule has 2 N–H and O–H groups in total. The molecular formula is C11H15ClN2O. The number of carbonyl (C=O) groups is 1. The molecule has 1 atom stereocenters. The van der Waals surface area contributed by atoms with Gasteiger partial charge < -0.3 is 10.6 Å². The molecule has 1 aliphatic rings. The van der Waals surface area contributed by atoms with Crippen molar-refractivity contribution in [3.05, 3.63) is 29.8 Å². The van der Waals surface area contributed by atoms with Crippen molar-refractivity contribution in [1.29, 1.82) is 0 Å². The molecule has 3 nitrogen and oxygen atoms in total. The summed E-state index contributed by atoms with van der Waals surface area (Å²) in [5.74, 6) is 0.0746. The second kappa shape index (κ2) is 5.14. The zero-order valence-corrected chi connectivity index (χ0v) is 9.43. The number of rotatable bonds is 2. The van der Waals surface area contributed by atoms with Crippen LogP contribution in [0.1, 0.15) is 12.0 Å². The third kappa shape index (κ3) is 2.70. The zero-order valence-electron chi connectivity index (χ0n) is 8.62. The molecule has 1 amide bonds. The fraction of sp³-hybridized carbons (Fsp3) is 0.364. The minimum absolute atomic E-state index is 0. The van der Waals surface area contributed by atoms with Gasteiger partial charge in [0.25, 0.3) is 0 Å². The van der Waals surface area contributed by atoms with Crippen LogP contribution in [0.4, 0.5) is 5.69 Å². The van der Waals surface area contributed by atoms with E-state index in [4.69, 9.17) is 0 Å². The van der Waals surface area contributed by atoms with Gasteiger partial charge in [-0.3, -0.25) is 4.79 Å². The summed E-state index contributed by atoms with van der Waals surface area (Å²) >= 11 is 0. The van der Waals surface area contributed by atoms with E-state index in [0.29, 0.717) is 0 Å². The number of hydrogen-bond acceptors (Lipinski definition) is 2. The predicted octanol–water partition coefficient (Wildman–Crippen LogP) is 1.72. The molecule has 0 radical (unpaired) electrons. The van der Waals surface area contributed by atoms with E-state index < -0.39 is 0 Å². The van der Waals surface area contributed by atoms with Crippen molar-refractivity contribution in [2.24, 2.45) is 0 Å². The summed E-state index contributed by atoms with van der Waals surface area (Å²) in [6.07, 6.45) is 0.942. The van der Waals surface area contributed by atoms with Gasteiger partial charge in [0.15, 0.2) is 0 Å². The lowest BCUT2D eigenvalue weighted by Gasteiger charge is -2.26. The molecule has 0 spiro atoms. The van der Waals surface area contributed by atoms with Crippen LogP contribution >= 0.6 is 12.4 Å². The summed E-state index contributed by atoms with van der Waals surface area (Å²) in [6.45, 7) is 2.94. The van der Waals surface area contributed by atoms with Crippen molar-refractivity contribution in [1.82, 2.24) is 5.32 Å². The first kappa shape index (κ1) is 12.0. The normalized spacial score (nSPS) is 18.6. The number of hydrogen-bond donors (Lipinski definition) is 2. The molecule has 4 heteroatoms. The maximum atomic E-state index is 11.6. The first-order chi connectivity index (χ1) is 6.77. The van der Waals surface area contributed by atoms with Crippen LogP contribution in [0.2, 0.25) is 0 Å². The van der Waals surface area contributed by atoms with Gasteiger partial charge >= 0.3 is 0 Å². The summed E-state index contributed by atoms with van der Waals surface area (Å²) in [7, 11) is 0. The molecule has 2 rings (SSSR count). The Morgan fingerprint density at radius 2 is 2.13 bits per heavy atom. The average Bonchev–Trinajstić information content (AvgIpc) is 2.05. The standard InChI is InChI=1S/C11H14N2O.ClH/c1-8-4-2-3-5-9(8)13-11(14)10-6-7-12-10;/h2-5,10,12H,6-7H2,1H3,(H,13,14);1H/t10-;/m1./s1. The van der Waals surface area contributed by atoms with Gasteiger partial charge in [0.1, 0.15) is 0 Å². The Labute approximate surface area is 95.7 Å². The van der Waals surface area contributed by atoms with Gasteiger partial charge in [0.05, 0.1) is 6.04 Å². The van der Waals surface area contributed by atoms with Gasteiger partial charge in [0.2, 0.25) is 5.91 Å². The lowest BCUT2D eigenvalue weighted by atomic mass is 10.1. The number of benzene rings is 1. The van der Waals surface area contributed by atoms with Crippen molar-refractivity contribution < 1.29 is 4.79 Å². The Bertz CT molecular complexity index is 350. The number of aryl methyl sites for hydroxylation is 1. The van der Waals surface area contributed by atoms with Crippen LogP contribution in [0, 0.1) is 6.92 Å². The summed E-state index contributed by atoms with van der Waals surface area (Å²) in [6, 6.07) is 7.81. The Hall–Kier alpha value is -1.06. The highest BCUT2D eigenvalue weighted by molar-refractivity contribution is 5.95. The summed E-state index contributed by atoms with van der Waals surface area (Å²) in [5.41, 5.74) is 2.01. The van der Waals surface area contributed by atoms with Crippen molar-refractivity contribution in [2.45, 2.75) is 19.4 Å². The second-order valence-electron chi connectivity index (χ2n) is 3.60. The smallest absolute Gasteiger partial charge is 0.241 e. The van der Waals surface area contributed by atoms with E-state index >= 15 is 0 Å². The molecule has 1 heterocycles. The van der Waals surface area contributed by atoms with E-state index in [-0.39, 0.29) is 24.4 Å². The van der Waals surface area contributed by atoms with E-state index in [9.17, 15) is 4.79 Å². The van der Waals surface area contributed by atoms with Crippen LogP contribution < -0.4 is 10.6 Å². The van der Waals surface area contributed by atoms with Crippen LogP contribution in [-0.2, 0) is 4.79 Å². The molecule has 0 aliphatic carbocycles. The van der Waals surface area contributed by atoms with Gasteiger partial charge in [0, 0.05) is 5.69 Å². The molecule has 15 heavy (non-hydrogen) atoms. The number of carbonyl (C=O) groups excluding carboxylic acids is 1. The second-order valence-corrected chi connectivity index (χ2v) is 3.60. The highest BCUT2D eigenvalue weighted by atomic mass is 35.5. The summed E-state index contributed by atoms with van der Waals surface area (Å²) < 4.78 is 0. The molecule has 1 aliphatic heterocycles. The largest absolute Gasteiger partial charge is 0.324 e. The predicted molar refractivity (Wildman–Crippen MR) is 63.5 cm³/mol. The third-order valence-electron chi connectivity index (χ3n) is 2.54. The van der Waals surface area contributed by atoms with Crippen LogP contribution in [-0.4, -0.2) is 18.5 Å². The molecule has 1 fully saturated rings. The monoisotopic (exact) mass is 226 g/mol. The molecule has 82 valence electrons. The van der Waals surface area contributed by atoms with Crippen molar-refractivity contribution in [2.75, 3.05) is 11.9 Å². The molecule has 1 saturated heterocycles. The maximum absolute atomic E-state index is 11.6. The number of anilines is 1. The van der Waals surface area contributed by atoms with Gasteiger partial charge in [-0.2, -0.15) is 0 Å². The maximum Gasteiger partial charge on any atom is 0.241 e. The van der Waals surface area contributed by atoms with Crippen molar-refractivity contribution in [3.8, 4) is 0 Å². The zero-order chi connectivity index (χ0) is 9.97. The van der Waals surface area contributed by atoms with Crippen molar-refractivity contribution in [3.63, 3.8) is 0 Å². The first-order valence-electron chi connectivity index (χ1n) is 4.87. The van der Waals surface area contributed by atoms with Crippen LogP contribution in [0.5, 0.6) is 0 Å². The highest BCUT2D eigenvalue weighted by Gasteiger charge is 2.24. The van der Waals surface area contributed by atoms with Crippen LogP contribution in [0.15, 0.2) is 24.3 Å². The number of amides is 1. The third-order valence-corrected chi connectivity index (χ3v) is 2.54. The molecule has 0 bridgehead atoms. The molecule has 0 saturated carbocycles. The lowest BCUT2D eigenvalue weighted by molar-refractivity contribution is -0.119. The molecular weight excluding hydrogens is 212 g/mol. The van der Waals surface area contributed by atoms with E-state index in [2.05, 4.69) is 10.6 Å². The van der Waals surface area contributed by atoms with Gasteiger partial charge in [-0.1, -0.05) is 18.2 Å². The lowest BCUT2D eigenvalue weighted by Crippen LogP contribution is -2.50. The quantitative estimate of drug-likeness (QED) is 0.806. The van der Waals surface area contributed by atoms with E-state index in [1.165, 1.54) is 0 Å².